The van der Waals surface area contributed by atoms with Crippen LogP contribution in [0.1, 0.15) is 24.2 Å². The molecule has 0 spiro atoms. The minimum absolute atomic E-state index is 0.00752. The molecule has 2 rings (SSSR count). The maximum absolute atomic E-state index is 12.0. The Morgan fingerprint density at radius 3 is 2.85 bits per heavy atom. The van der Waals surface area contributed by atoms with Crippen LogP contribution in [0.4, 0.5) is 5.95 Å². The highest BCUT2D eigenvalue weighted by molar-refractivity contribution is 5.79. The van der Waals surface area contributed by atoms with Crippen LogP contribution in [0, 0.1) is 19.8 Å². The lowest BCUT2D eigenvalue weighted by Crippen LogP contribution is -2.43. The molecule has 1 N–H and O–H groups in total. The van der Waals surface area contributed by atoms with Crippen LogP contribution in [0.3, 0.4) is 0 Å². The second kappa shape index (κ2) is 6.50. The van der Waals surface area contributed by atoms with Gasteiger partial charge in [-0.3, -0.25) is 4.79 Å². The van der Waals surface area contributed by atoms with Crippen LogP contribution in [0.15, 0.2) is 18.7 Å². The van der Waals surface area contributed by atoms with Crippen molar-refractivity contribution in [2.75, 3.05) is 24.5 Å². The van der Waals surface area contributed by atoms with E-state index in [2.05, 4.69) is 26.8 Å². The Morgan fingerprint density at radius 2 is 2.20 bits per heavy atom. The lowest BCUT2D eigenvalue weighted by Gasteiger charge is -2.32. The molecule has 0 saturated carbocycles. The van der Waals surface area contributed by atoms with Crippen molar-refractivity contribution in [2.24, 2.45) is 5.92 Å². The molecule has 1 aromatic heterocycles. The molecule has 20 heavy (non-hydrogen) atoms. The van der Waals surface area contributed by atoms with Gasteiger partial charge in [-0.1, -0.05) is 6.08 Å². The van der Waals surface area contributed by atoms with Gasteiger partial charge >= 0.3 is 0 Å². The third-order valence-electron chi connectivity index (χ3n) is 3.47. The van der Waals surface area contributed by atoms with E-state index in [1.165, 1.54) is 0 Å². The number of rotatable bonds is 4. The van der Waals surface area contributed by atoms with Gasteiger partial charge in [0.1, 0.15) is 0 Å². The molecule has 1 aromatic rings. The Kier molecular flexibility index (Phi) is 4.71. The first-order valence-electron chi connectivity index (χ1n) is 7.06. The van der Waals surface area contributed by atoms with E-state index in [4.69, 9.17) is 0 Å². The van der Waals surface area contributed by atoms with E-state index >= 15 is 0 Å². The number of amides is 1. The van der Waals surface area contributed by atoms with Gasteiger partial charge in [0.05, 0.1) is 5.92 Å². The number of carbonyl (C=O) groups excluding carboxylic acids is 1. The van der Waals surface area contributed by atoms with Crippen LogP contribution in [0.25, 0.3) is 0 Å². The third kappa shape index (κ3) is 3.56. The molecule has 0 bridgehead atoms. The molecule has 1 aliphatic rings. The summed E-state index contributed by atoms with van der Waals surface area (Å²) in [7, 11) is 0. The summed E-state index contributed by atoms with van der Waals surface area (Å²) in [5.74, 6) is 0.843. The number of piperidine rings is 1. The summed E-state index contributed by atoms with van der Waals surface area (Å²) < 4.78 is 0. The van der Waals surface area contributed by atoms with Crippen LogP contribution in [0.2, 0.25) is 0 Å². The summed E-state index contributed by atoms with van der Waals surface area (Å²) in [6.45, 7) is 9.67. The number of nitrogens with one attached hydrogen (secondary N) is 1. The van der Waals surface area contributed by atoms with E-state index in [0.29, 0.717) is 13.1 Å². The van der Waals surface area contributed by atoms with Crippen molar-refractivity contribution in [2.45, 2.75) is 26.7 Å². The van der Waals surface area contributed by atoms with Crippen molar-refractivity contribution >= 4 is 11.9 Å². The standard InChI is InChI=1S/C15H22N4O/c1-4-7-16-14(20)13-6-5-8-19(10-13)15-17-11(2)9-12(3)18-15/h4,9,13H,1,5-8,10H2,2-3H3,(H,16,20). The SMILES string of the molecule is C=CCNC(=O)C1CCCN(c2nc(C)cc(C)n2)C1. The van der Waals surface area contributed by atoms with Crippen molar-refractivity contribution in [1.29, 1.82) is 0 Å². The number of aryl methyl sites for hydroxylation is 2. The summed E-state index contributed by atoms with van der Waals surface area (Å²) in [5, 5.41) is 2.87. The second-order valence-corrected chi connectivity index (χ2v) is 5.27. The molecule has 1 atom stereocenters. The minimum atomic E-state index is 0.00752. The van der Waals surface area contributed by atoms with Gasteiger partial charge < -0.3 is 10.2 Å². The Bertz CT molecular complexity index is 480. The first kappa shape index (κ1) is 14.5. The topological polar surface area (TPSA) is 58.1 Å². The quantitative estimate of drug-likeness (QED) is 0.848. The molecule has 0 radical (unpaired) electrons. The van der Waals surface area contributed by atoms with Gasteiger partial charge in [-0.15, -0.1) is 6.58 Å². The second-order valence-electron chi connectivity index (χ2n) is 5.27. The molecule has 1 saturated heterocycles. The van der Waals surface area contributed by atoms with E-state index in [1.54, 1.807) is 6.08 Å². The summed E-state index contributed by atoms with van der Waals surface area (Å²) in [4.78, 5) is 23.1. The average molecular weight is 274 g/mol. The number of anilines is 1. The largest absolute Gasteiger partial charge is 0.352 e. The van der Waals surface area contributed by atoms with Gasteiger partial charge in [0.2, 0.25) is 11.9 Å². The molecule has 2 heterocycles. The monoisotopic (exact) mass is 274 g/mol. The lowest BCUT2D eigenvalue weighted by molar-refractivity contribution is -0.125. The third-order valence-corrected chi connectivity index (χ3v) is 3.47. The van der Waals surface area contributed by atoms with Crippen molar-refractivity contribution in [3.63, 3.8) is 0 Å². The smallest absolute Gasteiger partial charge is 0.225 e. The van der Waals surface area contributed by atoms with E-state index < -0.39 is 0 Å². The first-order chi connectivity index (χ1) is 9.60. The van der Waals surface area contributed by atoms with Crippen molar-refractivity contribution in [3.05, 3.63) is 30.1 Å². The number of carbonyl (C=O) groups is 1. The van der Waals surface area contributed by atoms with Crippen LogP contribution >= 0.6 is 0 Å². The number of hydrogen-bond donors (Lipinski definition) is 1. The zero-order valence-electron chi connectivity index (χ0n) is 12.2. The summed E-state index contributed by atoms with van der Waals surface area (Å²) >= 11 is 0. The molecular formula is C15H22N4O. The fourth-order valence-corrected chi connectivity index (χ4v) is 2.54. The molecule has 1 unspecified atom stereocenters. The van der Waals surface area contributed by atoms with E-state index in [0.717, 1.165) is 36.7 Å². The Balaban J connectivity index is 2.06. The van der Waals surface area contributed by atoms with Gasteiger partial charge in [-0.25, -0.2) is 9.97 Å². The highest BCUT2D eigenvalue weighted by Crippen LogP contribution is 2.21. The van der Waals surface area contributed by atoms with Crippen LogP contribution in [0.5, 0.6) is 0 Å². The van der Waals surface area contributed by atoms with Gasteiger partial charge in [0.25, 0.3) is 0 Å². The number of aromatic nitrogens is 2. The minimum Gasteiger partial charge on any atom is -0.352 e. The lowest BCUT2D eigenvalue weighted by atomic mass is 9.97. The number of nitrogens with zero attached hydrogens (tertiary/aromatic N) is 3. The Labute approximate surface area is 120 Å². The highest BCUT2D eigenvalue weighted by atomic mass is 16.1. The van der Waals surface area contributed by atoms with Crippen LogP contribution in [-0.2, 0) is 4.79 Å². The predicted molar refractivity (Wildman–Crippen MR) is 79.6 cm³/mol. The van der Waals surface area contributed by atoms with Gasteiger partial charge in [0, 0.05) is 31.0 Å². The molecule has 1 fully saturated rings. The maximum Gasteiger partial charge on any atom is 0.225 e. The molecule has 1 amide bonds. The summed E-state index contributed by atoms with van der Waals surface area (Å²) in [5.41, 5.74) is 1.93. The number of hydrogen-bond acceptors (Lipinski definition) is 4. The fraction of sp³-hybridized carbons (Fsp3) is 0.533. The van der Waals surface area contributed by atoms with Crippen LogP contribution < -0.4 is 10.2 Å². The zero-order valence-corrected chi connectivity index (χ0v) is 12.2. The molecule has 5 nitrogen and oxygen atoms in total. The van der Waals surface area contributed by atoms with Gasteiger partial charge in [-0.05, 0) is 32.8 Å². The van der Waals surface area contributed by atoms with Gasteiger partial charge in [-0.2, -0.15) is 0 Å². The normalized spacial score (nSPS) is 18.7. The van der Waals surface area contributed by atoms with Crippen molar-refractivity contribution in [3.8, 4) is 0 Å². The Hall–Kier alpha value is -1.91. The van der Waals surface area contributed by atoms with E-state index in [1.807, 2.05) is 19.9 Å². The van der Waals surface area contributed by atoms with Crippen molar-refractivity contribution < 1.29 is 4.79 Å². The van der Waals surface area contributed by atoms with E-state index in [9.17, 15) is 4.79 Å². The summed E-state index contributed by atoms with van der Waals surface area (Å²) in [6.07, 6.45) is 3.61. The highest BCUT2D eigenvalue weighted by Gasteiger charge is 2.26. The Morgan fingerprint density at radius 1 is 1.50 bits per heavy atom. The molecule has 1 aliphatic heterocycles. The molecular weight excluding hydrogens is 252 g/mol. The average Bonchev–Trinajstić information content (AvgIpc) is 2.44. The predicted octanol–water partition coefficient (Wildman–Crippen LogP) is 1.61. The maximum atomic E-state index is 12.0. The molecule has 108 valence electrons. The molecule has 5 heteroatoms. The van der Waals surface area contributed by atoms with Gasteiger partial charge in [0.15, 0.2) is 0 Å². The summed E-state index contributed by atoms with van der Waals surface area (Å²) in [6, 6.07) is 1.96. The van der Waals surface area contributed by atoms with Crippen LogP contribution in [-0.4, -0.2) is 35.5 Å². The molecule has 0 aliphatic carbocycles. The van der Waals surface area contributed by atoms with Crippen molar-refractivity contribution in [1.82, 2.24) is 15.3 Å². The first-order valence-corrected chi connectivity index (χ1v) is 7.06. The fourth-order valence-electron chi connectivity index (χ4n) is 2.54. The van der Waals surface area contributed by atoms with E-state index in [-0.39, 0.29) is 11.8 Å². The zero-order chi connectivity index (χ0) is 14.5. The molecule has 0 aromatic carbocycles.